The Labute approximate surface area is 174 Å². The van der Waals surface area contributed by atoms with Gasteiger partial charge < -0.3 is 20.1 Å². The summed E-state index contributed by atoms with van der Waals surface area (Å²) >= 11 is 1.20. The molecule has 8 heteroatoms. The van der Waals surface area contributed by atoms with E-state index in [9.17, 15) is 14.0 Å². The second-order valence-corrected chi connectivity index (χ2v) is 7.03. The summed E-state index contributed by atoms with van der Waals surface area (Å²) in [4.78, 5) is 23.9. The van der Waals surface area contributed by atoms with Gasteiger partial charge in [-0.15, -0.1) is 11.8 Å². The molecule has 0 heterocycles. The van der Waals surface area contributed by atoms with Crippen molar-refractivity contribution < 1.29 is 23.5 Å². The standard InChI is InChI=1S/C21H25FN2O4S/c1-2-27-10-11-28-13-16-4-3-5-19(12-16)24-21(26)15-29-14-20(25)23-18-8-6-17(22)7-9-18/h3-9,12H,2,10-11,13-15H2,1H3,(H,23,25)(H,24,26). The minimum absolute atomic E-state index is 0.124. The van der Waals surface area contributed by atoms with Crippen LogP contribution in [0.5, 0.6) is 0 Å². The largest absolute Gasteiger partial charge is 0.379 e. The smallest absolute Gasteiger partial charge is 0.234 e. The second-order valence-electron chi connectivity index (χ2n) is 6.05. The molecule has 2 amide bonds. The summed E-state index contributed by atoms with van der Waals surface area (Å²) in [5.41, 5.74) is 2.14. The first-order valence-corrected chi connectivity index (χ1v) is 10.4. The van der Waals surface area contributed by atoms with E-state index in [0.717, 1.165) is 5.56 Å². The Bertz CT molecular complexity index is 787. The number of anilines is 2. The minimum Gasteiger partial charge on any atom is -0.379 e. The van der Waals surface area contributed by atoms with Crippen molar-refractivity contribution in [3.63, 3.8) is 0 Å². The lowest BCUT2D eigenvalue weighted by molar-refractivity contribution is -0.114. The van der Waals surface area contributed by atoms with E-state index in [-0.39, 0.29) is 29.1 Å². The minimum atomic E-state index is -0.366. The molecule has 2 aromatic rings. The van der Waals surface area contributed by atoms with Gasteiger partial charge in [0.15, 0.2) is 0 Å². The lowest BCUT2D eigenvalue weighted by atomic mass is 10.2. The van der Waals surface area contributed by atoms with Crippen LogP contribution in [0.3, 0.4) is 0 Å². The van der Waals surface area contributed by atoms with Crippen LogP contribution in [-0.4, -0.2) is 43.1 Å². The molecule has 0 aliphatic rings. The van der Waals surface area contributed by atoms with Gasteiger partial charge in [0.05, 0.1) is 31.3 Å². The Morgan fingerprint density at radius 1 is 0.931 bits per heavy atom. The zero-order chi connectivity index (χ0) is 20.9. The Balaban J connectivity index is 1.67. The number of hydrogen-bond donors (Lipinski definition) is 2. The van der Waals surface area contributed by atoms with Gasteiger partial charge in [0.1, 0.15) is 5.82 Å². The Morgan fingerprint density at radius 3 is 2.28 bits per heavy atom. The molecule has 0 aromatic heterocycles. The molecule has 6 nitrogen and oxygen atoms in total. The van der Waals surface area contributed by atoms with Crippen molar-refractivity contribution >= 4 is 35.0 Å². The fourth-order valence-electron chi connectivity index (χ4n) is 2.35. The molecule has 0 aliphatic carbocycles. The van der Waals surface area contributed by atoms with Crippen LogP contribution in [-0.2, 0) is 25.7 Å². The van der Waals surface area contributed by atoms with Crippen molar-refractivity contribution in [2.45, 2.75) is 13.5 Å². The number of benzene rings is 2. The van der Waals surface area contributed by atoms with Crippen molar-refractivity contribution in [2.75, 3.05) is 42.0 Å². The first-order valence-electron chi connectivity index (χ1n) is 9.24. The number of carbonyl (C=O) groups excluding carboxylic acids is 2. The van der Waals surface area contributed by atoms with Gasteiger partial charge in [-0.2, -0.15) is 0 Å². The maximum Gasteiger partial charge on any atom is 0.234 e. The van der Waals surface area contributed by atoms with Gasteiger partial charge in [-0.3, -0.25) is 9.59 Å². The fourth-order valence-corrected chi connectivity index (χ4v) is 2.97. The molecular weight excluding hydrogens is 395 g/mol. The van der Waals surface area contributed by atoms with Crippen molar-refractivity contribution in [1.29, 1.82) is 0 Å². The summed E-state index contributed by atoms with van der Waals surface area (Å²) in [5.74, 6) is -0.542. The third-order valence-corrected chi connectivity index (χ3v) is 4.58. The third-order valence-electron chi connectivity index (χ3n) is 3.65. The quantitative estimate of drug-likeness (QED) is 0.512. The van der Waals surface area contributed by atoms with Gasteiger partial charge in [-0.25, -0.2) is 4.39 Å². The molecule has 2 aromatic carbocycles. The average molecular weight is 421 g/mol. The van der Waals surface area contributed by atoms with Crippen molar-refractivity contribution in [3.8, 4) is 0 Å². The maximum absolute atomic E-state index is 12.9. The highest BCUT2D eigenvalue weighted by molar-refractivity contribution is 8.00. The summed E-state index contributed by atoms with van der Waals surface area (Å²) in [7, 11) is 0. The van der Waals surface area contributed by atoms with Gasteiger partial charge in [-0.05, 0) is 48.9 Å². The summed E-state index contributed by atoms with van der Waals surface area (Å²) in [6.07, 6.45) is 0. The number of carbonyl (C=O) groups is 2. The van der Waals surface area contributed by atoms with E-state index in [4.69, 9.17) is 9.47 Å². The van der Waals surface area contributed by atoms with Crippen LogP contribution in [0, 0.1) is 5.82 Å². The molecule has 29 heavy (non-hydrogen) atoms. The molecule has 0 atom stereocenters. The first-order chi connectivity index (χ1) is 14.1. The predicted octanol–water partition coefficient (Wildman–Crippen LogP) is 3.69. The molecule has 0 radical (unpaired) electrons. The van der Waals surface area contributed by atoms with E-state index in [0.29, 0.717) is 37.8 Å². The Hall–Kier alpha value is -2.42. The Morgan fingerprint density at radius 2 is 1.59 bits per heavy atom. The highest BCUT2D eigenvalue weighted by Crippen LogP contribution is 2.13. The number of rotatable bonds is 12. The summed E-state index contributed by atoms with van der Waals surface area (Å²) in [5, 5.41) is 5.46. The fraction of sp³-hybridized carbons (Fsp3) is 0.333. The molecule has 0 saturated carbocycles. The Kier molecular flexibility index (Phi) is 10.2. The molecule has 156 valence electrons. The monoisotopic (exact) mass is 420 g/mol. The zero-order valence-electron chi connectivity index (χ0n) is 16.3. The van der Waals surface area contributed by atoms with Crippen LogP contribution in [0.1, 0.15) is 12.5 Å². The maximum atomic E-state index is 12.9. The topological polar surface area (TPSA) is 76.7 Å². The number of ether oxygens (including phenoxy) is 2. The van der Waals surface area contributed by atoms with Gasteiger partial charge in [0, 0.05) is 18.0 Å². The van der Waals surface area contributed by atoms with E-state index in [1.165, 1.54) is 36.0 Å². The molecule has 0 bridgehead atoms. The molecule has 2 rings (SSSR count). The highest BCUT2D eigenvalue weighted by atomic mass is 32.2. The summed E-state index contributed by atoms with van der Waals surface area (Å²) in [6, 6.07) is 12.9. The van der Waals surface area contributed by atoms with Gasteiger partial charge in [0.25, 0.3) is 0 Å². The zero-order valence-corrected chi connectivity index (χ0v) is 17.1. The number of hydrogen-bond acceptors (Lipinski definition) is 5. The number of thioether (sulfide) groups is 1. The van der Waals surface area contributed by atoms with Gasteiger partial charge >= 0.3 is 0 Å². The van der Waals surface area contributed by atoms with Crippen LogP contribution in [0.15, 0.2) is 48.5 Å². The van der Waals surface area contributed by atoms with Crippen LogP contribution in [0.25, 0.3) is 0 Å². The SMILES string of the molecule is CCOCCOCc1cccc(NC(=O)CSCC(=O)Nc2ccc(F)cc2)c1. The van der Waals surface area contributed by atoms with Crippen LogP contribution in [0.2, 0.25) is 0 Å². The number of halogens is 1. The second kappa shape index (κ2) is 12.9. The van der Waals surface area contributed by atoms with Crippen molar-refractivity contribution in [3.05, 3.63) is 59.9 Å². The van der Waals surface area contributed by atoms with Crippen LogP contribution < -0.4 is 10.6 Å². The number of amides is 2. The lowest BCUT2D eigenvalue weighted by Crippen LogP contribution is -2.18. The van der Waals surface area contributed by atoms with Crippen molar-refractivity contribution in [1.82, 2.24) is 0 Å². The molecule has 0 aliphatic heterocycles. The van der Waals surface area contributed by atoms with E-state index in [1.807, 2.05) is 25.1 Å². The predicted molar refractivity (Wildman–Crippen MR) is 114 cm³/mol. The first kappa shape index (κ1) is 22.9. The van der Waals surface area contributed by atoms with Gasteiger partial charge in [0.2, 0.25) is 11.8 Å². The third kappa shape index (κ3) is 9.56. The van der Waals surface area contributed by atoms with Crippen LogP contribution in [0.4, 0.5) is 15.8 Å². The lowest BCUT2D eigenvalue weighted by Gasteiger charge is -2.09. The molecule has 0 spiro atoms. The molecule has 0 saturated heterocycles. The molecule has 0 fully saturated rings. The van der Waals surface area contributed by atoms with E-state index in [2.05, 4.69) is 10.6 Å². The number of nitrogens with one attached hydrogen (secondary N) is 2. The van der Waals surface area contributed by atoms with Crippen molar-refractivity contribution in [2.24, 2.45) is 0 Å². The van der Waals surface area contributed by atoms with Gasteiger partial charge in [-0.1, -0.05) is 12.1 Å². The normalized spacial score (nSPS) is 10.6. The molecular formula is C21H25FN2O4S. The highest BCUT2D eigenvalue weighted by Gasteiger charge is 2.07. The molecule has 2 N–H and O–H groups in total. The van der Waals surface area contributed by atoms with E-state index < -0.39 is 0 Å². The van der Waals surface area contributed by atoms with E-state index >= 15 is 0 Å². The van der Waals surface area contributed by atoms with E-state index in [1.54, 1.807) is 6.07 Å². The summed E-state index contributed by atoms with van der Waals surface area (Å²) < 4.78 is 23.6. The average Bonchev–Trinajstić information content (AvgIpc) is 2.70. The molecule has 0 unspecified atom stereocenters. The van der Waals surface area contributed by atoms with Crippen LogP contribution >= 0.6 is 11.8 Å². The summed E-state index contributed by atoms with van der Waals surface area (Å²) in [6.45, 7) is 4.11.